The highest BCUT2D eigenvalue weighted by Crippen LogP contribution is 2.43. The molecule has 10 aromatic carbocycles. The van der Waals surface area contributed by atoms with Gasteiger partial charge in [-0.05, 0) is 105 Å². The fraction of sp³-hybridized carbons (Fsp3) is 0. The van der Waals surface area contributed by atoms with Gasteiger partial charge < -0.3 is 8.98 Å². The van der Waals surface area contributed by atoms with Crippen LogP contribution in [-0.2, 0) is 0 Å². The second kappa shape index (κ2) is 15.6. The SMILES string of the molecule is c1ccc(-c2ccc3cc(-c4nc(-c5ccc6c(-n7c8ccccc8c8c(-c9ccc%10c(c9)sc9ccccc9%10)cccc87)cccc6c5)nc(-c5cccc6oc7ncccc7c56)n4)ccc3c2)cc1. The fourth-order valence-electron chi connectivity index (χ4n) is 10.8. The van der Waals surface area contributed by atoms with Crippen LogP contribution in [-0.4, -0.2) is 24.5 Å². The summed E-state index contributed by atoms with van der Waals surface area (Å²) in [6.07, 6.45) is 1.75. The molecule has 0 unspecified atom stereocenters. The smallest absolute Gasteiger partial charge is 0.227 e. The summed E-state index contributed by atoms with van der Waals surface area (Å²) in [4.78, 5) is 20.3. The highest BCUT2D eigenvalue weighted by molar-refractivity contribution is 7.25. The Bertz CT molecular complexity index is 4660. The zero-order valence-electron chi connectivity index (χ0n) is 37.9. The number of benzene rings is 10. The van der Waals surface area contributed by atoms with Crippen LogP contribution < -0.4 is 0 Å². The van der Waals surface area contributed by atoms with E-state index in [9.17, 15) is 0 Å². The van der Waals surface area contributed by atoms with Crippen molar-refractivity contribution >= 4 is 96.9 Å². The predicted octanol–water partition coefficient (Wildman–Crippen LogP) is 17.3. The van der Waals surface area contributed by atoms with Gasteiger partial charge in [0.25, 0.3) is 0 Å². The van der Waals surface area contributed by atoms with Gasteiger partial charge in [-0.25, -0.2) is 19.9 Å². The lowest BCUT2D eigenvalue weighted by Crippen LogP contribution is -2.01. The third-order valence-corrected chi connectivity index (χ3v) is 15.2. The number of fused-ring (bicyclic) bond motifs is 11. The molecular weight excluding hydrogens is 887 g/mol. The predicted molar refractivity (Wildman–Crippen MR) is 294 cm³/mol. The van der Waals surface area contributed by atoms with Crippen LogP contribution in [0.25, 0.3) is 148 Å². The van der Waals surface area contributed by atoms with Crippen molar-refractivity contribution in [2.45, 2.75) is 0 Å². The minimum Gasteiger partial charge on any atom is -0.438 e. The summed E-state index contributed by atoms with van der Waals surface area (Å²) in [6.45, 7) is 0. The number of thiophene rings is 1. The second-order valence-electron chi connectivity index (χ2n) is 18.2. The van der Waals surface area contributed by atoms with Gasteiger partial charge in [-0.3, -0.25) is 0 Å². The Morgan fingerprint density at radius 1 is 0.366 bits per heavy atom. The molecule has 0 amide bonds. The van der Waals surface area contributed by atoms with E-state index < -0.39 is 0 Å². The van der Waals surface area contributed by atoms with Gasteiger partial charge in [-0.2, -0.15) is 0 Å². The number of para-hydroxylation sites is 1. The van der Waals surface area contributed by atoms with Crippen molar-refractivity contribution in [3.8, 4) is 62.1 Å². The van der Waals surface area contributed by atoms with E-state index in [0.29, 0.717) is 23.2 Å². The zero-order valence-corrected chi connectivity index (χ0v) is 38.7. The molecule has 0 aliphatic carbocycles. The van der Waals surface area contributed by atoms with Crippen molar-refractivity contribution in [2.75, 3.05) is 0 Å². The molecule has 0 radical (unpaired) electrons. The summed E-state index contributed by atoms with van der Waals surface area (Å²) >= 11 is 1.86. The molecule has 15 aromatic rings. The normalized spacial score (nSPS) is 11.9. The molecule has 15 rings (SSSR count). The van der Waals surface area contributed by atoms with Crippen molar-refractivity contribution in [2.24, 2.45) is 0 Å². The number of rotatable bonds is 6. The summed E-state index contributed by atoms with van der Waals surface area (Å²) < 4.78 is 11.3. The van der Waals surface area contributed by atoms with E-state index >= 15 is 0 Å². The van der Waals surface area contributed by atoms with Crippen LogP contribution in [0, 0.1) is 0 Å². The number of furan rings is 1. The summed E-state index contributed by atoms with van der Waals surface area (Å²) in [5, 5.41) is 11.4. The van der Waals surface area contributed by atoms with E-state index in [2.05, 4.69) is 198 Å². The van der Waals surface area contributed by atoms with Crippen molar-refractivity contribution < 1.29 is 4.42 Å². The van der Waals surface area contributed by atoms with E-state index in [-0.39, 0.29) is 0 Å². The molecule has 71 heavy (non-hydrogen) atoms. The average molecular weight is 924 g/mol. The quantitative estimate of drug-likeness (QED) is 0.166. The minimum atomic E-state index is 0.558. The van der Waals surface area contributed by atoms with Gasteiger partial charge in [-0.15, -0.1) is 11.3 Å². The fourth-order valence-corrected chi connectivity index (χ4v) is 12.0. The van der Waals surface area contributed by atoms with Gasteiger partial charge in [0.2, 0.25) is 5.71 Å². The molecule has 6 nitrogen and oxygen atoms in total. The maximum atomic E-state index is 6.25. The van der Waals surface area contributed by atoms with Gasteiger partial charge in [-0.1, -0.05) is 152 Å². The standard InChI is InChI=1S/C64H37N5OS/c1-2-12-38(13-3-1)39-25-26-41-35-44(28-27-40(41)34-39)61-66-62(68-63(67-61)51-18-10-23-56-60(51)52-19-11-33-65-64(52)70-56)45-30-31-46-42(36-45)14-8-21-53(46)69-54-20-6-4-16-50(54)59-47(17-9-22-55(59)69)43-29-32-49-48-15-5-7-24-57(48)71-58(49)37-43/h1-37H. The first-order chi connectivity index (χ1) is 35.2. The monoisotopic (exact) mass is 923 g/mol. The van der Waals surface area contributed by atoms with Crippen molar-refractivity contribution in [3.05, 3.63) is 225 Å². The van der Waals surface area contributed by atoms with E-state index in [1.165, 1.54) is 53.2 Å². The van der Waals surface area contributed by atoms with E-state index in [1.807, 2.05) is 41.7 Å². The maximum Gasteiger partial charge on any atom is 0.227 e. The number of aromatic nitrogens is 5. The third kappa shape index (κ3) is 6.34. The topological polar surface area (TPSA) is 69.6 Å². The Morgan fingerprint density at radius 3 is 1.90 bits per heavy atom. The molecule has 0 atom stereocenters. The third-order valence-electron chi connectivity index (χ3n) is 14.1. The maximum absolute atomic E-state index is 6.25. The molecular formula is C64H37N5OS. The van der Waals surface area contributed by atoms with Crippen molar-refractivity contribution in [1.29, 1.82) is 0 Å². The van der Waals surface area contributed by atoms with Crippen molar-refractivity contribution in [3.63, 3.8) is 0 Å². The van der Waals surface area contributed by atoms with E-state index in [0.717, 1.165) is 71.3 Å². The van der Waals surface area contributed by atoms with Gasteiger partial charge in [0.15, 0.2) is 17.5 Å². The summed E-state index contributed by atoms with van der Waals surface area (Å²) in [6, 6.07) is 77.9. The molecule has 0 aliphatic heterocycles. The molecule has 5 aromatic heterocycles. The lowest BCUT2D eigenvalue weighted by molar-refractivity contribution is 0.654. The number of pyridine rings is 1. The van der Waals surface area contributed by atoms with Crippen LogP contribution in [0.2, 0.25) is 0 Å². The number of hydrogen-bond donors (Lipinski definition) is 0. The lowest BCUT2D eigenvalue weighted by Gasteiger charge is -2.14. The molecule has 0 N–H and O–H groups in total. The Hall–Kier alpha value is -9.30. The van der Waals surface area contributed by atoms with E-state index in [1.54, 1.807) is 6.20 Å². The Balaban J connectivity index is 0.888. The summed E-state index contributed by atoms with van der Waals surface area (Å²) in [5.74, 6) is 1.73. The molecule has 0 saturated carbocycles. The van der Waals surface area contributed by atoms with Crippen LogP contribution in [0.15, 0.2) is 229 Å². The second-order valence-corrected chi connectivity index (χ2v) is 19.2. The molecule has 330 valence electrons. The van der Waals surface area contributed by atoms with Gasteiger partial charge in [0.05, 0.1) is 16.7 Å². The first kappa shape index (κ1) is 39.7. The van der Waals surface area contributed by atoms with Gasteiger partial charge >= 0.3 is 0 Å². The van der Waals surface area contributed by atoms with Crippen molar-refractivity contribution in [1.82, 2.24) is 24.5 Å². The van der Waals surface area contributed by atoms with Crippen LogP contribution >= 0.6 is 11.3 Å². The van der Waals surface area contributed by atoms with Gasteiger partial charge in [0.1, 0.15) is 5.58 Å². The Kier molecular flexibility index (Phi) is 8.73. The number of nitrogens with zero attached hydrogens (tertiary/aromatic N) is 5. The first-order valence-corrected chi connectivity index (χ1v) is 24.6. The largest absolute Gasteiger partial charge is 0.438 e. The van der Waals surface area contributed by atoms with Crippen LogP contribution in [0.1, 0.15) is 0 Å². The summed E-state index contributed by atoms with van der Waals surface area (Å²) in [5.41, 5.74) is 12.2. The van der Waals surface area contributed by atoms with Crippen LogP contribution in [0.5, 0.6) is 0 Å². The molecule has 0 spiro atoms. The highest BCUT2D eigenvalue weighted by atomic mass is 32.1. The minimum absolute atomic E-state index is 0.558. The Morgan fingerprint density at radius 2 is 1.01 bits per heavy atom. The lowest BCUT2D eigenvalue weighted by atomic mass is 9.98. The number of hydrogen-bond acceptors (Lipinski definition) is 6. The average Bonchev–Trinajstić information content (AvgIpc) is 4.12. The summed E-state index contributed by atoms with van der Waals surface area (Å²) in [7, 11) is 0. The molecule has 7 heteroatoms. The molecule has 0 bridgehead atoms. The highest BCUT2D eigenvalue weighted by Gasteiger charge is 2.21. The van der Waals surface area contributed by atoms with Crippen LogP contribution in [0.3, 0.4) is 0 Å². The van der Waals surface area contributed by atoms with E-state index in [4.69, 9.17) is 19.4 Å². The molecule has 0 fully saturated rings. The molecule has 0 aliphatic rings. The molecule has 0 saturated heterocycles. The van der Waals surface area contributed by atoms with Crippen LogP contribution in [0.4, 0.5) is 0 Å². The molecule has 5 heterocycles. The zero-order chi connectivity index (χ0) is 46.6. The first-order valence-electron chi connectivity index (χ1n) is 23.8. The Labute approximate surface area is 410 Å². The van der Waals surface area contributed by atoms with Gasteiger partial charge in [0, 0.05) is 70.0 Å².